The van der Waals surface area contributed by atoms with Crippen molar-refractivity contribution in [2.45, 2.75) is 43.5 Å². The SMILES string of the molecule is CN=C(NCCCCSC)NCc1ccc(S(=O)(=O)N2CCCCC2)cc1. The molecular formula is C19H32N4O2S2. The second-order valence-corrected chi connectivity index (χ2v) is 9.58. The molecule has 0 spiro atoms. The van der Waals surface area contributed by atoms with Gasteiger partial charge in [-0.3, -0.25) is 4.99 Å². The number of nitrogens with zero attached hydrogens (tertiary/aromatic N) is 2. The zero-order chi connectivity index (χ0) is 19.5. The van der Waals surface area contributed by atoms with Crippen LogP contribution in [-0.4, -0.2) is 57.4 Å². The Morgan fingerprint density at radius 1 is 1.11 bits per heavy atom. The highest BCUT2D eigenvalue weighted by Gasteiger charge is 2.25. The number of unbranched alkanes of at least 4 members (excludes halogenated alkanes) is 1. The molecule has 2 rings (SSSR count). The van der Waals surface area contributed by atoms with E-state index in [4.69, 9.17) is 0 Å². The molecule has 27 heavy (non-hydrogen) atoms. The van der Waals surface area contributed by atoms with Crippen LogP contribution in [0.1, 0.15) is 37.7 Å². The van der Waals surface area contributed by atoms with Crippen LogP contribution in [0.3, 0.4) is 0 Å². The van der Waals surface area contributed by atoms with Gasteiger partial charge in [0.25, 0.3) is 0 Å². The highest BCUT2D eigenvalue weighted by molar-refractivity contribution is 7.98. The minimum atomic E-state index is -3.36. The predicted octanol–water partition coefficient (Wildman–Crippen LogP) is 2.67. The Morgan fingerprint density at radius 2 is 1.81 bits per heavy atom. The third-order valence-corrected chi connectivity index (χ3v) is 7.24. The second kappa shape index (κ2) is 11.6. The summed E-state index contributed by atoms with van der Waals surface area (Å²) in [6.45, 7) is 2.76. The zero-order valence-corrected chi connectivity index (χ0v) is 18.0. The van der Waals surface area contributed by atoms with E-state index < -0.39 is 10.0 Å². The lowest BCUT2D eigenvalue weighted by molar-refractivity contribution is 0.346. The van der Waals surface area contributed by atoms with E-state index in [1.807, 2.05) is 23.9 Å². The summed E-state index contributed by atoms with van der Waals surface area (Å²) in [6.07, 6.45) is 7.44. The van der Waals surface area contributed by atoms with Gasteiger partial charge in [-0.15, -0.1) is 0 Å². The molecule has 0 aromatic heterocycles. The molecule has 1 heterocycles. The number of nitrogens with one attached hydrogen (secondary N) is 2. The van der Waals surface area contributed by atoms with Crippen LogP contribution in [0.15, 0.2) is 34.2 Å². The number of rotatable bonds is 9. The molecule has 1 fully saturated rings. The first-order chi connectivity index (χ1) is 13.1. The number of guanidine groups is 1. The van der Waals surface area contributed by atoms with Crippen molar-refractivity contribution in [1.82, 2.24) is 14.9 Å². The molecule has 0 aliphatic carbocycles. The molecule has 0 bridgehead atoms. The van der Waals surface area contributed by atoms with Crippen LogP contribution < -0.4 is 10.6 Å². The van der Waals surface area contributed by atoms with Crippen LogP contribution in [-0.2, 0) is 16.6 Å². The van der Waals surface area contributed by atoms with Crippen LogP contribution in [0.4, 0.5) is 0 Å². The lowest BCUT2D eigenvalue weighted by Gasteiger charge is -2.25. The summed E-state index contributed by atoms with van der Waals surface area (Å²) in [4.78, 5) is 4.60. The number of hydrogen-bond donors (Lipinski definition) is 2. The van der Waals surface area contributed by atoms with E-state index in [-0.39, 0.29) is 0 Å². The van der Waals surface area contributed by atoms with Gasteiger partial charge in [0.1, 0.15) is 0 Å². The Labute approximate surface area is 168 Å². The quantitative estimate of drug-likeness (QED) is 0.371. The molecule has 1 aliphatic rings. The maximum absolute atomic E-state index is 12.7. The standard InChI is InChI=1S/C19H32N4O2S2/c1-20-19(21-12-4-7-15-26-2)22-16-17-8-10-18(11-9-17)27(24,25)23-13-5-3-6-14-23/h8-11H,3-7,12-16H2,1-2H3,(H2,20,21,22). The molecule has 0 amide bonds. The largest absolute Gasteiger partial charge is 0.356 e. The van der Waals surface area contributed by atoms with Gasteiger partial charge in [-0.1, -0.05) is 18.6 Å². The number of aliphatic imine (C=N–C) groups is 1. The Bertz CT molecular complexity index is 684. The summed E-state index contributed by atoms with van der Waals surface area (Å²) < 4.78 is 27.0. The van der Waals surface area contributed by atoms with Crippen LogP contribution in [0, 0.1) is 0 Å². The van der Waals surface area contributed by atoms with Gasteiger partial charge in [-0.2, -0.15) is 16.1 Å². The van der Waals surface area contributed by atoms with Crippen LogP contribution in [0.25, 0.3) is 0 Å². The van der Waals surface area contributed by atoms with Gasteiger partial charge in [0.05, 0.1) is 4.90 Å². The number of sulfonamides is 1. The summed E-state index contributed by atoms with van der Waals surface area (Å²) in [6, 6.07) is 7.16. The van der Waals surface area contributed by atoms with Crippen LogP contribution >= 0.6 is 11.8 Å². The van der Waals surface area contributed by atoms with Crippen molar-refractivity contribution in [3.05, 3.63) is 29.8 Å². The van der Waals surface area contributed by atoms with Crippen molar-refractivity contribution >= 4 is 27.7 Å². The molecule has 1 aliphatic heterocycles. The Balaban J connectivity index is 1.84. The molecule has 1 aromatic carbocycles. The highest BCUT2D eigenvalue weighted by Crippen LogP contribution is 2.20. The van der Waals surface area contributed by atoms with Crippen molar-refractivity contribution in [2.75, 3.05) is 38.7 Å². The molecule has 0 radical (unpaired) electrons. The first kappa shape index (κ1) is 22.0. The fourth-order valence-electron chi connectivity index (χ4n) is 3.02. The number of hydrogen-bond acceptors (Lipinski definition) is 4. The Hall–Kier alpha value is -1.25. The van der Waals surface area contributed by atoms with Crippen molar-refractivity contribution in [3.63, 3.8) is 0 Å². The lowest BCUT2D eigenvalue weighted by Crippen LogP contribution is -2.37. The summed E-state index contributed by atoms with van der Waals surface area (Å²) >= 11 is 1.87. The van der Waals surface area contributed by atoms with Crippen LogP contribution in [0.2, 0.25) is 0 Å². The normalized spacial score (nSPS) is 16.3. The van der Waals surface area contributed by atoms with Gasteiger partial charge in [0.2, 0.25) is 10.0 Å². The molecule has 0 saturated carbocycles. The molecule has 8 heteroatoms. The van der Waals surface area contributed by atoms with Crippen molar-refractivity contribution in [2.24, 2.45) is 4.99 Å². The minimum Gasteiger partial charge on any atom is -0.356 e. The van der Waals surface area contributed by atoms with E-state index in [1.54, 1.807) is 23.5 Å². The first-order valence-corrected chi connectivity index (χ1v) is 12.4. The molecule has 0 unspecified atom stereocenters. The fraction of sp³-hybridized carbons (Fsp3) is 0.632. The Kier molecular flexibility index (Phi) is 9.44. The lowest BCUT2D eigenvalue weighted by atomic mass is 10.2. The maximum atomic E-state index is 12.7. The topological polar surface area (TPSA) is 73.8 Å². The third kappa shape index (κ3) is 7.01. The molecule has 1 aromatic rings. The Morgan fingerprint density at radius 3 is 2.44 bits per heavy atom. The van der Waals surface area contributed by atoms with Gasteiger partial charge in [0, 0.05) is 33.2 Å². The monoisotopic (exact) mass is 412 g/mol. The van der Waals surface area contributed by atoms with Gasteiger partial charge in [-0.25, -0.2) is 8.42 Å². The summed E-state index contributed by atoms with van der Waals surface area (Å²) in [5.74, 6) is 1.95. The van der Waals surface area contributed by atoms with Crippen molar-refractivity contribution in [3.8, 4) is 0 Å². The van der Waals surface area contributed by atoms with E-state index in [9.17, 15) is 8.42 Å². The summed E-state index contributed by atoms with van der Waals surface area (Å²) in [5.41, 5.74) is 1.03. The van der Waals surface area contributed by atoms with E-state index in [1.165, 1.54) is 12.2 Å². The van der Waals surface area contributed by atoms with Gasteiger partial charge in [-0.05, 0) is 55.4 Å². The van der Waals surface area contributed by atoms with E-state index >= 15 is 0 Å². The molecular weight excluding hydrogens is 380 g/mol. The van der Waals surface area contributed by atoms with Crippen molar-refractivity contribution in [1.29, 1.82) is 0 Å². The van der Waals surface area contributed by atoms with E-state index in [0.717, 1.165) is 43.8 Å². The third-order valence-electron chi connectivity index (χ3n) is 4.63. The minimum absolute atomic E-state index is 0.379. The smallest absolute Gasteiger partial charge is 0.243 e. The second-order valence-electron chi connectivity index (χ2n) is 6.66. The maximum Gasteiger partial charge on any atom is 0.243 e. The van der Waals surface area contributed by atoms with Gasteiger partial charge in [0.15, 0.2) is 5.96 Å². The van der Waals surface area contributed by atoms with Gasteiger partial charge < -0.3 is 10.6 Å². The fourth-order valence-corrected chi connectivity index (χ4v) is 5.03. The zero-order valence-electron chi connectivity index (χ0n) is 16.4. The molecule has 1 saturated heterocycles. The van der Waals surface area contributed by atoms with E-state index in [0.29, 0.717) is 24.5 Å². The number of benzene rings is 1. The molecule has 152 valence electrons. The molecule has 0 atom stereocenters. The molecule has 2 N–H and O–H groups in total. The average Bonchev–Trinajstić information content (AvgIpc) is 2.71. The molecule has 6 nitrogen and oxygen atoms in total. The van der Waals surface area contributed by atoms with Crippen molar-refractivity contribution < 1.29 is 8.42 Å². The average molecular weight is 413 g/mol. The highest BCUT2D eigenvalue weighted by atomic mass is 32.2. The van der Waals surface area contributed by atoms with Crippen LogP contribution in [0.5, 0.6) is 0 Å². The first-order valence-electron chi connectivity index (χ1n) is 9.60. The number of piperidine rings is 1. The van der Waals surface area contributed by atoms with Gasteiger partial charge >= 0.3 is 0 Å². The van der Waals surface area contributed by atoms with E-state index in [2.05, 4.69) is 21.9 Å². The summed E-state index contributed by atoms with van der Waals surface area (Å²) in [5, 5.41) is 6.58. The summed E-state index contributed by atoms with van der Waals surface area (Å²) in [7, 11) is -1.60. The predicted molar refractivity (Wildman–Crippen MR) is 115 cm³/mol. The number of thioether (sulfide) groups is 1.